The van der Waals surface area contributed by atoms with Crippen molar-refractivity contribution in [2.75, 3.05) is 15.9 Å². The first kappa shape index (κ1) is 20.6. The minimum absolute atomic E-state index is 0.146. The summed E-state index contributed by atoms with van der Waals surface area (Å²) in [7, 11) is -3.60. The maximum atomic E-state index is 13.0. The molecule has 0 saturated carbocycles. The van der Waals surface area contributed by atoms with Crippen molar-refractivity contribution in [1.82, 2.24) is 0 Å². The number of sulfonamides is 1. The summed E-state index contributed by atoms with van der Waals surface area (Å²) in [5.41, 5.74) is 4.35. The first-order chi connectivity index (χ1) is 13.8. The van der Waals surface area contributed by atoms with Crippen molar-refractivity contribution in [3.05, 3.63) is 95.1 Å². The van der Waals surface area contributed by atoms with E-state index in [1.54, 1.807) is 24.3 Å². The predicted octanol–water partition coefficient (Wildman–Crippen LogP) is 4.52. The van der Waals surface area contributed by atoms with Gasteiger partial charge in [-0.05, 0) is 54.8 Å². The molecule has 3 aromatic carbocycles. The summed E-state index contributed by atoms with van der Waals surface area (Å²) in [4.78, 5) is 13.0. The third-order valence-electron chi connectivity index (χ3n) is 4.75. The number of amides is 1. The van der Waals surface area contributed by atoms with Crippen LogP contribution in [0.3, 0.4) is 0 Å². The average Bonchev–Trinajstić information content (AvgIpc) is 2.69. The smallest absolute Gasteiger partial charge is 0.257 e. The van der Waals surface area contributed by atoms with Crippen molar-refractivity contribution in [3.8, 4) is 0 Å². The van der Waals surface area contributed by atoms with Gasteiger partial charge in [0.05, 0.1) is 24.1 Å². The van der Waals surface area contributed by atoms with E-state index < -0.39 is 10.0 Å². The van der Waals surface area contributed by atoms with E-state index >= 15 is 0 Å². The molecule has 0 fully saturated rings. The molecule has 0 aromatic heterocycles. The first-order valence-electron chi connectivity index (χ1n) is 9.25. The Morgan fingerprint density at radius 2 is 1.55 bits per heavy atom. The molecule has 0 unspecified atom stereocenters. The average molecular weight is 409 g/mol. The van der Waals surface area contributed by atoms with Crippen molar-refractivity contribution < 1.29 is 13.2 Å². The molecule has 1 N–H and O–H groups in total. The second kappa shape index (κ2) is 8.49. The molecule has 0 atom stereocenters. The lowest BCUT2D eigenvalue weighted by Gasteiger charge is -2.25. The van der Waals surface area contributed by atoms with Crippen LogP contribution in [0.5, 0.6) is 0 Å². The van der Waals surface area contributed by atoms with Crippen LogP contribution >= 0.6 is 0 Å². The Kier molecular flexibility index (Phi) is 6.03. The fourth-order valence-corrected chi connectivity index (χ4v) is 3.93. The number of hydrogen-bond donors (Lipinski definition) is 1. The molecule has 29 heavy (non-hydrogen) atoms. The van der Waals surface area contributed by atoms with E-state index in [-0.39, 0.29) is 12.5 Å². The van der Waals surface area contributed by atoms with Crippen LogP contribution in [0, 0.1) is 13.8 Å². The molecular formula is C23H24N2O3S. The molecule has 1 amide bonds. The number of nitrogens with zero attached hydrogens (tertiary/aromatic N) is 1. The van der Waals surface area contributed by atoms with Crippen LogP contribution in [0.25, 0.3) is 0 Å². The van der Waals surface area contributed by atoms with E-state index in [9.17, 15) is 13.2 Å². The quantitative estimate of drug-likeness (QED) is 0.652. The summed E-state index contributed by atoms with van der Waals surface area (Å²) in [6, 6.07) is 21.7. The predicted molar refractivity (Wildman–Crippen MR) is 118 cm³/mol. The Morgan fingerprint density at radius 1 is 0.897 bits per heavy atom. The lowest BCUT2D eigenvalue weighted by atomic mass is 10.1. The van der Waals surface area contributed by atoms with Crippen LogP contribution in [-0.2, 0) is 16.6 Å². The van der Waals surface area contributed by atoms with Crippen LogP contribution in [0.2, 0.25) is 0 Å². The lowest BCUT2D eigenvalue weighted by molar-refractivity contribution is 0.102. The minimum Gasteiger partial charge on any atom is -0.322 e. The van der Waals surface area contributed by atoms with Gasteiger partial charge < -0.3 is 5.32 Å². The maximum Gasteiger partial charge on any atom is 0.257 e. The van der Waals surface area contributed by atoms with Crippen LogP contribution in [0.4, 0.5) is 11.4 Å². The Labute approximate surface area is 172 Å². The number of nitrogens with one attached hydrogen (secondary N) is 1. The van der Waals surface area contributed by atoms with Gasteiger partial charge in [0.2, 0.25) is 10.0 Å². The van der Waals surface area contributed by atoms with Crippen LogP contribution in [0.15, 0.2) is 72.8 Å². The zero-order valence-electron chi connectivity index (χ0n) is 16.7. The number of rotatable bonds is 6. The standard InChI is InChI=1S/C23H24N2O3S/c1-17-13-14-20(15-18(17)2)24-23(26)21-11-7-8-12-22(21)25(29(3,27)28)16-19-9-5-4-6-10-19/h4-15H,16H2,1-3H3,(H,24,26). The van der Waals surface area contributed by atoms with E-state index in [1.807, 2.05) is 62.4 Å². The summed E-state index contributed by atoms with van der Waals surface area (Å²) in [5.74, 6) is -0.356. The Balaban J connectivity index is 1.96. The van der Waals surface area contributed by atoms with Crippen molar-refractivity contribution >= 4 is 27.3 Å². The molecular weight excluding hydrogens is 384 g/mol. The number of anilines is 2. The zero-order chi connectivity index (χ0) is 21.0. The SMILES string of the molecule is Cc1ccc(NC(=O)c2ccccc2N(Cc2ccccc2)S(C)(=O)=O)cc1C. The maximum absolute atomic E-state index is 13.0. The van der Waals surface area contributed by atoms with Crippen molar-refractivity contribution in [2.45, 2.75) is 20.4 Å². The molecule has 0 spiro atoms. The zero-order valence-corrected chi connectivity index (χ0v) is 17.5. The molecule has 150 valence electrons. The fourth-order valence-electron chi connectivity index (χ4n) is 3.03. The van der Waals surface area contributed by atoms with Gasteiger partial charge in [0.25, 0.3) is 5.91 Å². The molecule has 6 heteroatoms. The fraction of sp³-hybridized carbons (Fsp3) is 0.174. The highest BCUT2D eigenvalue weighted by atomic mass is 32.2. The van der Waals surface area contributed by atoms with Crippen LogP contribution < -0.4 is 9.62 Å². The largest absolute Gasteiger partial charge is 0.322 e. The van der Waals surface area contributed by atoms with E-state index in [4.69, 9.17) is 0 Å². The van der Waals surface area contributed by atoms with Crippen molar-refractivity contribution in [2.24, 2.45) is 0 Å². The second-order valence-corrected chi connectivity index (χ2v) is 8.93. The first-order valence-corrected chi connectivity index (χ1v) is 11.1. The van der Waals surface area contributed by atoms with Gasteiger partial charge >= 0.3 is 0 Å². The third kappa shape index (κ3) is 5.03. The summed E-state index contributed by atoms with van der Waals surface area (Å²) >= 11 is 0. The molecule has 0 aliphatic rings. The van der Waals surface area contributed by atoms with Gasteiger partial charge in [0.15, 0.2) is 0 Å². The Morgan fingerprint density at radius 3 is 2.21 bits per heavy atom. The summed E-state index contributed by atoms with van der Waals surface area (Å²) in [6.07, 6.45) is 1.15. The molecule has 3 rings (SSSR count). The summed E-state index contributed by atoms with van der Waals surface area (Å²) < 4.78 is 26.4. The molecule has 0 bridgehead atoms. The van der Waals surface area contributed by atoms with Gasteiger partial charge in [-0.1, -0.05) is 48.5 Å². The molecule has 0 aliphatic heterocycles. The number of hydrogen-bond acceptors (Lipinski definition) is 3. The van der Waals surface area contributed by atoms with Crippen LogP contribution in [0.1, 0.15) is 27.0 Å². The van der Waals surface area contributed by atoms with E-state index in [0.717, 1.165) is 22.9 Å². The molecule has 0 saturated heterocycles. The van der Waals surface area contributed by atoms with Crippen molar-refractivity contribution in [3.63, 3.8) is 0 Å². The normalized spacial score (nSPS) is 11.1. The lowest BCUT2D eigenvalue weighted by Crippen LogP contribution is -2.31. The number of carbonyl (C=O) groups excluding carboxylic acids is 1. The van der Waals surface area contributed by atoms with Gasteiger partial charge in [-0.15, -0.1) is 0 Å². The molecule has 5 nitrogen and oxygen atoms in total. The monoisotopic (exact) mass is 408 g/mol. The summed E-state index contributed by atoms with van der Waals surface area (Å²) in [6.45, 7) is 4.13. The highest BCUT2D eigenvalue weighted by Crippen LogP contribution is 2.26. The van der Waals surface area contributed by atoms with Crippen LogP contribution in [-0.4, -0.2) is 20.6 Å². The highest BCUT2D eigenvalue weighted by Gasteiger charge is 2.23. The molecule has 0 heterocycles. The van der Waals surface area contributed by atoms with Gasteiger partial charge in [0, 0.05) is 5.69 Å². The van der Waals surface area contributed by atoms with E-state index in [2.05, 4.69) is 5.32 Å². The molecule has 0 aliphatic carbocycles. The van der Waals surface area contributed by atoms with Gasteiger partial charge in [0.1, 0.15) is 0 Å². The summed E-state index contributed by atoms with van der Waals surface area (Å²) in [5, 5.41) is 2.88. The number of benzene rings is 3. The van der Waals surface area contributed by atoms with E-state index in [0.29, 0.717) is 16.9 Å². The van der Waals surface area contributed by atoms with Crippen molar-refractivity contribution in [1.29, 1.82) is 0 Å². The van der Waals surface area contributed by atoms with Gasteiger partial charge in [-0.25, -0.2) is 8.42 Å². The second-order valence-electron chi connectivity index (χ2n) is 7.03. The number of para-hydroxylation sites is 1. The van der Waals surface area contributed by atoms with Gasteiger partial charge in [-0.3, -0.25) is 9.10 Å². The Bertz CT molecular complexity index is 1130. The number of carbonyl (C=O) groups is 1. The van der Waals surface area contributed by atoms with Gasteiger partial charge in [-0.2, -0.15) is 0 Å². The molecule has 0 radical (unpaired) electrons. The number of aryl methyl sites for hydroxylation is 2. The Hall–Kier alpha value is -3.12. The van der Waals surface area contributed by atoms with E-state index in [1.165, 1.54) is 4.31 Å². The highest BCUT2D eigenvalue weighted by molar-refractivity contribution is 7.92. The molecule has 3 aromatic rings. The minimum atomic E-state index is -3.60. The topological polar surface area (TPSA) is 66.5 Å². The third-order valence-corrected chi connectivity index (χ3v) is 5.88.